The summed E-state index contributed by atoms with van der Waals surface area (Å²) >= 11 is 0. The van der Waals surface area contributed by atoms with Crippen LogP contribution in [0.25, 0.3) is 16.5 Å². The highest BCUT2D eigenvalue weighted by atomic mass is 16.1. The number of carbonyl (C=O) groups excluding carboxylic acids is 1. The summed E-state index contributed by atoms with van der Waals surface area (Å²) in [4.78, 5) is 12.5. The van der Waals surface area contributed by atoms with Crippen LogP contribution in [0.2, 0.25) is 0 Å². The summed E-state index contributed by atoms with van der Waals surface area (Å²) in [6.07, 6.45) is 1.68. The van der Waals surface area contributed by atoms with Crippen molar-refractivity contribution in [1.29, 1.82) is 0 Å². The summed E-state index contributed by atoms with van der Waals surface area (Å²) in [6.45, 7) is 4.23. The Morgan fingerprint density at radius 3 is 2.85 bits per heavy atom. The molecule has 2 aromatic carbocycles. The van der Waals surface area contributed by atoms with Gasteiger partial charge in [-0.1, -0.05) is 50.2 Å². The molecule has 0 aliphatic heterocycles. The summed E-state index contributed by atoms with van der Waals surface area (Å²) in [5.41, 5.74) is 2.21. The minimum Gasteiger partial charge on any atom is -0.343 e. The SMILES string of the molecule is CC(C)c1cn[nH]c1C(=O)NCc1nnnn1-c1cccc2ccccc12. The van der Waals surface area contributed by atoms with Crippen LogP contribution in [0, 0.1) is 0 Å². The predicted molar refractivity (Wildman–Crippen MR) is 101 cm³/mol. The molecule has 0 saturated carbocycles. The Morgan fingerprint density at radius 2 is 2.00 bits per heavy atom. The molecule has 0 unspecified atom stereocenters. The lowest BCUT2D eigenvalue weighted by Crippen LogP contribution is -2.26. The summed E-state index contributed by atoms with van der Waals surface area (Å²) < 4.78 is 1.65. The Bertz CT molecular complexity index is 1090. The quantitative estimate of drug-likeness (QED) is 0.569. The molecule has 4 aromatic rings. The largest absolute Gasteiger partial charge is 0.343 e. The molecule has 8 nitrogen and oxygen atoms in total. The number of nitrogens with one attached hydrogen (secondary N) is 2. The average molecular weight is 361 g/mol. The molecular weight excluding hydrogens is 342 g/mol. The fraction of sp³-hybridized carbons (Fsp3) is 0.211. The third kappa shape index (κ3) is 3.17. The van der Waals surface area contributed by atoms with Crippen molar-refractivity contribution in [2.24, 2.45) is 0 Å². The fourth-order valence-electron chi connectivity index (χ4n) is 3.06. The molecule has 136 valence electrons. The lowest BCUT2D eigenvalue weighted by atomic mass is 10.0. The molecule has 2 aromatic heterocycles. The van der Waals surface area contributed by atoms with Crippen molar-refractivity contribution in [2.45, 2.75) is 26.3 Å². The molecule has 0 atom stereocenters. The van der Waals surface area contributed by atoms with Crippen LogP contribution in [-0.2, 0) is 6.54 Å². The van der Waals surface area contributed by atoms with Crippen LogP contribution in [0.4, 0.5) is 0 Å². The zero-order valence-corrected chi connectivity index (χ0v) is 15.0. The first-order valence-electron chi connectivity index (χ1n) is 8.72. The number of benzene rings is 2. The zero-order valence-electron chi connectivity index (χ0n) is 15.0. The lowest BCUT2D eigenvalue weighted by Gasteiger charge is -2.10. The molecule has 0 radical (unpaired) electrons. The van der Waals surface area contributed by atoms with E-state index in [4.69, 9.17) is 0 Å². The number of rotatable bonds is 5. The van der Waals surface area contributed by atoms with Gasteiger partial charge in [0.1, 0.15) is 5.69 Å². The van der Waals surface area contributed by atoms with Crippen LogP contribution < -0.4 is 5.32 Å². The van der Waals surface area contributed by atoms with Gasteiger partial charge in [-0.15, -0.1) is 5.10 Å². The standard InChI is InChI=1S/C19H19N7O/c1-12(2)15-10-21-23-18(15)19(27)20-11-17-22-24-25-26(17)16-9-5-7-13-6-3-4-8-14(13)16/h3-10,12H,11H2,1-2H3,(H,20,27)(H,21,23). The first-order valence-corrected chi connectivity index (χ1v) is 8.72. The number of aromatic amines is 1. The molecule has 8 heteroatoms. The average Bonchev–Trinajstić information content (AvgIpc) is 3.35. The van der Waals surface area contributed by atoms with Crippen molar-refractivity contribution in [3.8, 4) is 5.69 Å². The lowest BCUT2D eigenvalue weighted by molar-refractivity contribution is 0.0943. The van der Waals surface area contributed by atoms with Gasteiger partial charge in [0.15, 0.2) is 5.82 Å². The van der Waals surface area contributed by atoms with Crippen molar-refractivity contribution in [1.82, 2.24) is 35.7 Å². The number of H-pyrrole nitrogens is 1. The monoisotopic (exact) mass is 361 g/mol. The molecule has 0 fully saturated rings. The highest BCUT2D eigenvalue weighted by Gasteiger charge is 2.17. The molecule has 2 N–H and O–H groups in total. The maximum atomic E-state index is 12.5. The number of hydrogen-bond acceptors (Lipinski definition) is 5. The van der Waals surface area contributed by atoms with E-state index in [1.165, 1.54) is 0 Å². The third-order valence-electron chi connectivity index (χ3n) is 4.45. The van der Waals surface area contributed by atoms with Crippen LogP contribution in [0.1, 0.15) is 41.6 Å². The smallest absolute Gasteiger partial charge is 0.269 e. The third-order valence-corrected chi connectivity index (χ3v) is 4.45. The first-order chi connectivity index (χ1) is 13.1. The van der Waals surface area contributed by atoms with Gasteiger partial charge >= 0.3 is 0 Å². The normalized spacial score (nSPS) is 11.2. The van der Waals surface area contributed by atoms with Gasteiger partial charge in [0.25, 0.3) is 5.91 Å². The van der Waals surface area contributed by atoms with E-state index in [0.29, 0.717) is 11.5 Å². The molecule has 2 heterocycles. The Labute approximate surface area is 155 Å². The summed E-state index contributed by atoms with van der Waals surface area (Å²) in [5, 5.41) is 23.7. The van der Waals surface area contributed by atoms with Gasteiger partial charge in [0.05, 0.1) is 18.4 Å². The van der Waals surface area contributed by atoms with Crippen molar-refractivity contribution >= 4 is 16.7 Å². The number of tetrazole rings is 1. The van der Waals surface area contributed by atoms with Gasteiger partial charge < -0.3 is 5.32 Å². The maximum Gasteiger partial charge on any atom is 0.269 e. The molecular formula is C19H19N7O. The molecule has 1 amide bonds. The minimum absolute atomic E-state index is 0.200. The highest BCUT2D eigenvalue weighted by molar-refractivity contribution is 5.93. The maximum absolute atomic E-state index is 12.5. The van der Waals surface area contributed by atoms with Gasteiger partial charge in [-0.3, -0.25) is 9.89 Å². The fourth-order valence-corrected chi connectivity index (χ4v) is 3.06. The van der Waals surface area contributed by atoms with Gasteiger partial charge in [-0.2, -0.15) is 9.78 Å². The summed E-state index contributed by atoms with van der Waals surface area (Å²) in [6, 6.07) is 14.0. The van der Waals surface area contributed by atoms with Crippen LogP contribution in [0.3, 0.4) is 0 Å². The van der Waals surface area contributed by atoms with Crippen LogP contribution in [0.5, 0.6) is 0 Å². The van der Waals surface area contributed by atoms with Gasteiger partial charge in [0, 0.05) is 10.9 Å². The summed E-state index contributed by atoms with van der Waals surface area (Å²) in [7, 11) is 0. The van der Waals surface area contributed by atoms with Crippen LogP contribution >= 0.6 is 0 Å². The minimum atomic E-state index is -0.233. The Morgan fingerprint density at radius 1 is 1.19 bits per heavy atom. The van der Waals surface area contributed by atoms with E-state index in [0.717, 1.165) is 22.0 Å². The number of carbonyl (C=O) groups is 1. The Kier molecular flexibility index (Phi) is 4.37. The highest BCUT2D eigenvalue weighted by Crippen LogP contribution is 2.22. The molecule has 0 saturated heterocycles. The molecule has 0 spiro atoms. The van der Waals surface area contributed by atoms with Crippen LogP contribution in [0.15, 0.2) is 48.7 Å². The molecule has 0 bridgehead atoms. The summed E-state index contributed by atoms with van der Waals surface area (Å²) in [5.74, 6) is 0.513. The topological polar surface area (TPSA) is 101 Å². The first kappa shape index (κ1) is 16.9. The van der Waals surface area contributed by atoms with E-state index >= 15 is 0 Å². The second-order valence-corrected chi connectivity index (χ2v) is 6.54. The Balaban J connectivity index is 1.59. The number of hydrogen-bond donors (Lipinski definition) is 2. The molecule has 4 rings (SSSR count). The van der Waals surface area contributed by atoms with E-state index in [1.807, 2.05) is 56.3 Å². The van der Waals surface area contributed by atoms with Gasteiger partial charge in [-0.05, 0) is 27.8 Å². The second-order valence-electron chi connectivity index (χ2n) is 6.54. The van der Waals surface area contributed by atoms with E-state index < -0.39 is 0 Å². The van der Waals surface area contributed by atoms with Crippen molar-refractivity contribution < 1.29 is 4.79 Å². The Hall–Kier alpha value is -3.55. The van der Waals surface area contributed by atoms with Crippen molar-refractivity contribution in [3.05, 3.63) is 65.7 Å². The van der Waals surface area contributed by atoms with E-state index in [2.05, 4.69) is 31.0 Å². The second kappa shape index (κ2) is 6.99. The van der Waals surface area contributed by atoms with Gasteiger partial charge in [-0.25, -0.2) is 0 Å². The number of nitrogens with zero attached hydrogens (tertiary/aromatic N) is 5. The number of fused-ring (bicyclic) bond motifs is 1. The molecule has 0 aliphatic carbocycles. The molecule has 0 aliphatic rings. The van der Waals surface area contributed by atoms with E-state index in [1.54, 1.807) is 10.9 Å². The van der Waals surface area contributed by atoms with Gasteiger partial charge in [0.2, 0.25) is 0 Å². The molecule has 27 heavy (non-hydrogen) atoms. The van der Waals surface area contributed by atoms with E-state index in [-0.39, 0.29) is 18.4 Å². The zero-order chi connectivity index (χ0) is 18.8. The number of aromatic nitrogens is 6. The predicted octanol–water partition coefficient (Wildman–Crippen LogP) is 2.59. The van der Waals surface area contributed by atoms with Crippen LogP contribution in [-0.4, -0.2) is 36.3 Å². The number of amides is 1. The van der Waals surface area contributed by atoms with Crippen molar-refractivity contribution in [3.63, 3.8) is 0 Å². The van der Waals surface area contributed by atoms with Crippen molar-refractivity contribution in [2.75, 3.05) is 0 Å². The van der Waals surface area contributed by atoms with E-state index in [9.17, 15) is 4.79 Å².